The van der Waals surface area contributed by atoms with E-state index in [9.17, 15) is 4.79 Å². The lowest BCUT2D eigenvalue weighted by Crippen LogP contribution is -2.46. The van der Waals surface area contributed by atoms with E-state index in [0.29, 0.717) is 19.0 Å². The molecule has 1 rings (SSSR count). The summed E-state index contributed by atoms with van der Waals surface area (Å²) >= 11 is 0. The van der Waals surface area contributed by atoms with E-state index >= 15 is 0 Å². The first-order valence-electron chi connectivity index (χ1n) is 4.98. The minimum absolute atomic E-state index is 0.187. The van der Waals surface area contributed by atoms with Crippen LogP contribution in [0.1, 0.15) is 26.7 Å². The first kappa shape index (κ1) is 10.9. The maximum atomic E-state index is 10.8. The van der Waals surface area contributed by atoms with Crippen molar-refractivity contribution in [3.63, 3.8) is 0 Å². The molecule has 1 saturated carbocycles. The molecule has 0 aromatic rings. The predicted molar refractivity (Wildman–Crippen MR) is 54.9 cm³/mol. The molecule has 14 heavy (non-hydrogen) atoms. The smallest absolute Gasteiger partial charge is 0.407 e. The third-order valence-electron chi connectivity index (χ3n) is 2.93. The van der Waals surface area contributed by atoms with Gasteiger partial charge in [0.05, 0.1) is 0 Å². The molecular weight excluding hydrogens is 178 g/mol. The van der Waals surface area contributed by atoms with Gasteiger partial charge in [0.1, 0.15) is 0 Å². The van der Waals surface area contributed by atoms with Crippen LogP contribution >= 0.6 is 0 Å². The standard InChI is InChI=1S/C11H17NO2/c1-4-11(6-9(3)7-11)8-12(5-2)10(13)14/h1,9H,5-8H2,2-3H3,(H,13,14). The Bertz CT molecular complexity index is 261. The Balaban J connectivity index is 2.58. The van der Waals surface area contributed by atoms with E-state index in [1.54, 1.807) is 0 Å². The molecule has 0 aliphatic heterocycles. The van der Waals surface area contributed by atoms with Crippen LogP contribution in [0.2, 0.25) is 0 Å². The summed E-state index contributed by atoms with van der Waals surface area (Å²) in [6, 6.07) is 0. The molecule has 1 fully saturated rings. The van der Waals surface area contributed by atoms with Gasteiger partial charge < -0.3 is 10.0 Å². The second-order valence-corrected chi connectivity index (χ2v) is 4.23. The van der Waals surface area contributed by atoms with Crippen molar-refractivity contribution in [3.8, 4) is 12.3 Å². The van der Waals surface area contributed by atoms with Gasteiger partial charge >= 0.3 is 6.09 Å². The number of amides is 1. The van der Waals surface area contributed by atoms with Crippen molar-refractivity contribution in [2.24, 2.45) is 11.3 Å². The average Bonchev–Trinajstić information content (AvgIpc) is 2.09. The van der Waals surface area contributed by atoms with Crippen LogP contribution in [0, 0.1) is 23.7 Å². The van der Waals surface area contributed by atoms with E-state index in [1.165, 1.54) is 4.90 Å². The van der Waals surface area contributed by atoms with Gasteiger partial charge in [-0.3, -0.25) is 0 Å². The van der Waals surface area contributed by atoms with Gasteiger partial charge in [0.2, 0.25) is 0 Å². The van der Waals surface area contributed by atoms with Crippen LogP contribution in [0.3, 0.4) is 0 Å². The van der Waals surface area contributed by atoms with Crippen molar-refractivity contribution in [2.75, 3.05) is 13.1 Å². The molecule has 0 saturated heterocycles. The first-order chi connectivity index (χ1) is 6.53. The highest BCUT2D eigenvalue weighted by Crippen LogP contribution is 2.45. The fraction of sp³-hybridized carbons (Fsp3) is 0.727. The van der Waals surface area contributed by atoms with E-state index in [2.05, 4.69) is 12.8 Å². The molecule has 3 heteroatoms. The average molecular weight is 195 g/mol. The molecule has 1 amide bonds. The number of carbonyl (C=O) groups is 1. The van der Waals surface area contributed by atoms with E-state index in [1.807, 2.05) is 6.92 Å². The van der Waals surface area contributed by atoms with Gasteiger partial charge in [-0.1, -0.05) is 12.8 Å². The molecule has 1 N–H and O–H groups in total. The lowest BCUT2D eigenvalue weighted by atomic mass is 9.63. The van der Waals surface area contributed by atoms with Gasteiger partial charge in [0, 0.05) is 18.5 Å². The maximum absolute atomic E-state index is 10.8. The summed E-state index contributed by atoms with van der Waals surface area (Å²) in [5, 5.41) is 8.87. The van der Waals surface area contributed by atoms with Crippen LogP contribution in [0.25, 0.3) is 0 Å². The number of hydrogen-bond donors (Lipinski definition) is 1. The van der Waals surface area contributed by atoms with Crippen molar-refractivity contribution >= 4 is 6.09 Å². The Morgan fingerprint density at radius 2 is 2.29 bits per heavy atom. The highest BCUT2D eigenvalue weighted by atomic mass is 16.4. The second kappa shape index (κ2) is 3.91. The summed E-state index contributed by atoms with van der Waals surface area (Å²) in [5.41, 5.74) is -0.187. The Hall–Kier alpha value is -1.17. The molecular formula is C11H17NO2. The summed E-state index contributed by atoms with van der Waals surface area (Å²) in [6.07, 6.45) is 6.49. The molecule has 0 aromatic heterocycles. The van der Waals surface area contributed by atoms with Gasteiger partial charge in [0.25, 0.3) is 0 Å². The van der Waals surface area contributed by atoms with E-state index in [4.69, 9.17) is 11.5 Å². The largest absolute Gasteiger partial charge is 0.465 e. The lowest BCUT2D eigenvalue weighted by Gasteiger charge is -2.44. The van der Waals surface area contributed by atoms with Gasteiger partial charge in [-0.2, -0.15) is 0 Å². The number of rotatable bonds is 3. The fourth-order valence-electron chi connectivity index (χ4n) is 2.25. The SMILES string of the molecule is C#CC1(CN(CC)C(=O)O)CC(C)C1. The maximum Gasteiger partial charge on any atom is 0.407 e. The van der Waals surface area contributed by atoms with E-state index < -0.39 is 6.09 Å². The van der Waals surface area contributed by atoms with Crippen LogP contribution < -0.4 is 0 Å². The normalized spacial score (nSPS) is 30.2. The minimum atomic E-state index is -0.873. The van der Waals surface area contributed by atoms with Crippen LogP contribution in [-0.4, -0.2) is 29.2 Å². The Labute approximate surface area is 85.1 Å². The van der Waals surface area contributed by atoms with Crippen molar-refractivity contribution in [1.82, 2.24) is 4.90 Å². The third-order valence-corrected chi connectivity index (χ3v) is 2.93. The number of terminal acetylenes is 1. The molecule has 78 valence electrons. The molecule has 1 aliphatic rings. The van der Waals surface area contributed by atoms with Crippen molar-refractivity contribution < 1.29 is 9.90 Å². The van der Waals surface area contributed by atoms with E-state index in [-0.39, 0.29) is 5.41 Å². The summed E-state index contributed by atoms with van der Waals surface area (Å²) in [6.45, 7) is 4.97. The molecule has 0 spiro atoms. The second-order valence-electron chi connectivity index (χ2n) is 4.23. The lowest BCUT2D eigenvalue weighted by molar-refractivity contribution is 0.0721. The zero-order valence-corrected chi connectivity index (χ0v) is 8.79. The molecule has 0 unspecified atom stereocenters. The predicted octanol–water partition coefficient (Wildman–Crippen LogP) is 2.04. The zero-order valence-electron chi connectivity index (χ0n) is 8.79. The monoisotopic (exact) mass is 195 g/mol. The topological polar surface area (TPSA) is 40.5 Å². The highest BCUT2D eigenvalue weighted by molar-refractivity contribution is 5.65. The van der Waals surface area contributed by atoms with E-state index in [0.717, 1.165) is 12.8 Å². The molecule has 0 atom stereocenters. The Morgan fingerprint density at radius 3 is 2.57 bits per heavy atom. The molecule has 0 bridgehead atoms. The molecule has 0 radical (unpaired) electrons. The van der Waals surface area contributed by atoms with Gasteiger partial charge in [-0.15, -0.1) is 6.42 Å². The summed E-state index contributed by atoms with van der Waals surface area (Å²) in [4.78, 5) is 12.2. The van der Waals surface area contributed by atoms with Gasteiger partial charge in [-0.25, -0.2) is 4.79 Å². The van der Waals surface area contributed by atoms with Crippen molar-refractivity contribution in [2.45, 2.75) is 26.7 Å². The van der Waals surface area contributed by atoms with Crippen LogP contribution in [0.4, 0.5) is 4.79 Å². The molecule has 1 aliphatic carbocycles. The number of nitrogens with zero attached hydrogens (tertiary/aromatic N) is 1. The molecule has 0 heterocycles. The van der Waals surface area contributed by atoms with Gasteiger partial charge in [-0.05, 0) is 25.7 Å². The fourth-order valence-corrected chi connectivity index (χ4v) is 2.25. The Morgan fingerprint density at radius 1 is 1.71 bits per heavy atom. The van der Waals surface area contributed by atoms with Crippen LogP contribution in [0.5, 0.6) is 0 Å². The van der Waals surface area contributed by atoms with Crippen LogP contribution in [-0.2, 0) is 0 Å². The number of carboxylic acid groups (broad SMARTS) is 1. The van der Waals surface area contributed by atoms with Gasteiger partial charge in [0.15, 0.2) is 0 Å². The summed E-state index contributed by atoms with van der Waals surface area (Å²) < 4.78 is 0. The number of hydrogen-bond acceptors (Lipinski definition) is 1. The zero-order chi connectivity index (χ0) is 10.8. The summed E-state index contributed by atoms with van der Waals surface area (Å²) in [7, 11) is 0. The quantitative estimate of drug-likeness (QED) is 0.700. The summed E-state index contributed by atoms with van der Waals surface area (Å²) in [5.74, 6) is 3.40. The molecule has 3 nitrogen and oxygen atoms in total. The third kappa shape index (κ3) is 2.01. The van der Waals surface area contributed by atoms with Crippen molar-refractivity contribution in [1.29, 1.82) is 0 Å². The first-order valence-corrected chi connectivity index (χ1v) is 4.98. The molecule has 0 aromatic carbocycles. The van der Waals surface area contributed by atoms with Crippen molar-refractivity contribution in [3.05, 3.63) is 0 Å². The Kier molecular flexibility index (Phi) is 3.05. The highest BCUT2D eigenvalue weighted by Gasteiger charge is 2.42. The minimum Gasteiger partial charge on any atom is -0.465 e. The van der Waals surface area contributed by atoms with Crippen LogP contribution in [0.15, 0.2) is 0 Å².